The third-order valence-electron chi connectivity index (χ3n) is 12.4. The van der Waals surface area contributed by atoms with Crippen molar-refractivity contribution < 1.29 is 0 Å². The standard InChI is InChI=1S/C55H38N6O/c1-58-52-28-27-37(32-53(52)59(2)55(58)62)36-17-14-18-38(29-36)46-34-47(57-54(56-46)35-15-4-3-5-16-35)39-30-40(60-48-23-10-6-19-42(48)43-20-7-11-24-49(43)60)33-41(31-39)61-50-25-12-8-21-44(50)45-22-9-13-26-51(45)61/h3-34H,1-2H3. The van der Waals surface area contributed by atoms with Crippen LogP contribution in [0.5, 0.6) is 0 Å². The van der Waals surface area contributed by atoms with Crippen LogP contribution in [-0.2, 0) is 14.1 Å². The summed E-state index contributed by atoms with van der Waals surface area (Å²) in [5.41, 5.74) is 14.9. The molecule has 12 rings (SSSR count). The van der Waals surface area contributed by atoms with Crippen molar-refractivity contribution in [1.29, 1.82) is 0 Å². The summed E-state index contributed by atoms with van der Waals surface area (Å²) < 4.78 is 8.15. The van der Waals surface area contributed by atoms with Crippen LogP contribution in [0.3, 0.4) is 0 Å². The van der Waals surface area contributed by atoms with Gasteiger partial charge in [-0.05, 0) is 77.9 Å². The van der Waals surface area contributed by atoms with Gasteiger partial charge in [0.1, 0.15) is 0 Å². The Morgan fingerprint density at radius 1 is 0.339 bits per heavy atom. The highest BCUT2D eigenvalue weighted by molar-refractivity contribution is 6.10. The molecule has 0 amide bonds. The summed E-state index contributed by atoms with van der Waals surface area (Å²) in [6.07, 6.45) is 0. The molecule has 0 aliphatic rings. The molecule has 294 valence electrons. The first-order valence-corrected chi connectivity index (χ1v) is 20.8. The Kier molecular flexibility index (Phi) is 7.99. The van der Waals surface area contributed by atoms with E-state index in [0.717, 1.165) is 83.7 Å². The molecule has 0 bridgehead atoms. The molecule has 62 heavy (non-hydrogen) atoms. The van der Waals surface area contributed by atoms with Crippen molar-refractivity contribution in [2.24, 2.45) is 14.1 Å². The van der Waals surface area contributed by atoms with Gasteiger partial charge in [0.2, 0.25) is 0 Å². The molecule has 8 aromatic carbocycles. The first kappa shape index (κ1) is 35.6. The topological polar surface area (TPSA) is 62.6 Å². The Morgan fingerprint density at radius 3 is 1.35 bits per heavy atom. The number of benzene rings is 8. The Labute approximate surface area is 356 Å². The van der Waals surface area contributed by atoms with Crippen LogP contribution in [0.15, 0.2) is 199 Å². The molecule has 4 heterocycles. The molecule has 0 saturated heterocycles. The number of fused-ring (bicyclic) bond motifs is 7. The van der Waals surface area contributed by atoms with E-state index < -0.39 is 0 Å². The van der Waals surface area contributed by atoms with Crippen LogP contribution in [0.25, 0.3) is 111 Å². The zero-order valence-electron chi connectivity index (χ0n) is 34.1. The van der Waals surface area contributed by atoms with Gasteiger partial charge in [-0.25, -0.2) is 14.8 Å². The monoisotopic (exact) mass is 798 g/mol. The normalized spacial score (nSPS) is 11.8. The maximum Gasteiger partial charge on any atom is 0.328 e. The van der Waals surface area contributed by atoms with Gasteiger partial charge in [0.25, 0.3) is 0 Å². The molecule has 0 aliphatic heterocycles. The zero-order valence-corrected chi connectivity index (χ0v) is 34.1. The van der Waals surface area contributed by atoms with Crippen LogP contribution in [0.1, 0.15) is 0 Å². The first-order valence-electron chi connectivity index (χ1n) is 20.8. The van der Waals surface area contributed by atoms with E-state index in [1.54, 1.807) is 9.13 Å². The molecule has 0 spiro atoms. The molecule has 0 radical (unpaired) electrons. The molecule has 0 unspecified atom stereocenters. The van der Waals surface area contributed by atoms with Gasteiger partial charge in [-0.2, -0.15) is 0 Å². The van der Waals surface area contributed by atoms with E-state index in [1.165, 1.54) is 21.5 Å². The van der Waals surface area contributed by atoms with Crippen LogP contribution >= 0.6 is 0 Å². The SMILES string of the molecule is Cn1c(=O)n(C)c2cc(-c3cccc(-c4cc(-c5cc(-n6c7ccccc7c7ccccc76)cc(-n6c7ccccc7c7ccccc76)c5)nc(-c5ccccc5)n4)c3)ccc21. The molecule has 0 saturated carbocycles. The van der Waals surface area contributed by atoms with E-state index in [2.05, 4.69) is 179 Å². The molecule has 0 fully saturated rings. The molecular formula is C55H38N6O. The van der Waals surface area contributed by atoms with E-state index in [1.807, 2.05) is 38.4 Å². The second-order valence-electron chi connectivity index (χ2n) is 16.0. The minimum absolute atomic E-state index is 0.0450. The number of aromatic nitrogens is 6. The second kappa shape index (κ2) is 13.9. The van der Waals surface area contributed by atoms with E-state index >= 15 is 0 Å². The van der Waals surface area contributed by atoms with E-state index in [0.29, 0.717) is 5.82 Å². The van der Waals surface area contributed by atoms with Gasteiger partial charge in [-0.15, -0.1) is 0 Å². The van der Waals surface area contributed by atoms with Crippen molar-refractivity contribution in [3.63, 3.8) is 0 Å². The Bertz CT molecular complexity index is 3570. The van der Waals surface area contributed by atoms with Gasteiger partial charge in [0.05, 0.1) is 44.5 Å². The summed E-state index contributed by atoms with van der Waals surface area (Å²) in [4.78, 5) is 23.4. The Balaban J connectivity index is 1.11. The summed E-state index contributed by atoms with van der Waals surface area (Å²) in [6, 6.07) is 68.5. The average molecular weight is 799 g/mol. The number of nitrogens with zero attached hydrogens (tertiary/aromatic N) is 6. The summed E-state index contributed by atoms with van der Waals surface area (Å²) in [7, 11) is 3.63. The van der Waals surface area contributed by atoms with Crippen molar-refractivity contribution in [2.75, 3.05) is 0 Å². The predicted molar refractivity (Wildman–Crippen MR) is 254 cm³/mol. The number of aryl methyl sites for hydroxylation is 2. The van der Waals surface area contributed by atoms with E-state index in [9.17, 15) is 4.79 Å². The highest BCUT2D eigenvalue weighted by Crippen LogP contribution is 2.39. The lowest BCUT2D eigenvalue weighted by molar-refractivity contribution is 0.795. The number of hydrogen-bond donors (Lipinski definition) is 0. The van der Waals surface area contributed by atoms with Gasteiger partial charge in [-0.1, -0.05) is 127 Å². The summed E-state index contributed by atoms with van der Waals surface area (Å²) >= 11 is 0. The van der Waals surface area contributed by atoms with Crippen molar-refractivity contribution in [3.05, 3.63) is 205 Å². The lowest BCUT2D eigenvalue weighted by Crippen LogP contribution is -2.19. The minimum Gasteiger partial charge on any atom is -0.309 e. The molecule has 7 nitrogen and oxygen atoms in total. The largest absolute Gasteiger partial charge is 0.328 e. The van der Waals surface area contributed by atoms with Gasteiger partial charge in [-0.3, -0.25) is 9.13 Å². The molecule has 4 aromatic heterocycles. The second-order valence-corrected chi connectivity index (χ2v) is 16.0. The quantitative estimate of drug-likeness (QED) is 0.168. The van der Waals surface area contributed by atoms with Gasteiger partial charge in [0.15, 0.2) is 5.82 Å². The fraction of sp³-hybridized carbons (Fsp3) is 0.0364. The highest BCUT2D eigenvalue weighted by Gasteiger charge is 2.19. The van der Waals surface area contributed by atoms with E-state index in [4.69, 9.17) is 9.97 Å². The van der Waals surface area contributed by atoms with Crippen molar-refractivity contribution >= 4 is 54.6 Å². The van der Waals surface area contributed by atoms with Crippen molar-refractivity contribution in [1.82, 2.24) is 28.2 Å². The van der Waals surface area contributed by atoms with Gasteiger partial charge in [0, 0.05) is 63.7 Å². The van der Waals surface area contributed by atoms with Crippen molar-refractivity contribution in [2.45, 2.75) is 0 Å². The molecule has 12 aromatic rings. The summed E-state index contributed by atoms with van der Waals surface area (Å²) in [5, 5.41) is 4.82. The molecular weight excluding hydrogens is 761 g/mol. The molecule has 0 atom stereocenters. The number of para-hydroxylation sites is 4. The smallest absolute Gasteiger partial charge is 0.309 e. The fourth-order valence-electron chi connectivity index (χ4n) is 9.41. The van der Waals surface area contributed by atoms with E-state index in [-0.39, 0.29) is 5.69 Å². The van der Waals surface area contributed by atoms with Crippen molar-refractivity contribution in [3.8, 4) is 56.4 Å². The number of hydrogen-bond acceptors (Lipinski definition) is 3. The molecule has 0 aliphatic carbocycles. The van der Waals surface area contributed by atoms with Crippen LogP contribution in [-0.4, -0.2) is 28.2 Å². The predicted octanol–water partition coefficient (Wildman–Crippen LogP) is 12.5. The summed E-state index contributed by atoms with van der Waals surface area (Å²) in [5.74, 6) is 0.643. The zero-order chi connectivity index (χ0) is 41.5. The lowest BCUT2D eigenvalue weighted by atomic mass is 10.00. The molecule has 0 N–H and O–H groups in total. The van der Waals surface area contributed by atoms with Crippen LogP contribution in [0, 0.1) is 0 Å². The van der Waals surface area contributed by atoms with Crippen LogP contribution in [0.2, 0.25) is 0 Å². The number of rotatable bonds is 6. The highest BCUT2D eigenvalue weighted by atomic mass is 16.1. The first-order chi connectivity index (χ1) is 30.5. The average Bonchev–Trinajstić information content (AvgIpc) is 3.93. The summed E-state index contributed by atoms with van der Waals surface area (Å²) in [6.45, 7) is 0. The Hall–Kier alpha value is -8.29. The lowest BCUT2D eigenvalue weighted by Gasteiger charge is -2.16. The third-order valence-corrected chi connectivity index (χ3v) is 12.4. The maximum atomic E-state index is 12.8. The van der Waals surface area contributed by atoms with Gasteiger partial charge >= 0.3 is 5.69 Å². The minimum atomic E-state index is -0.0450. The number of imidazole rings is 1. The third kappa shape index (κ3) is 5.56. The van der Waals surface area contributed by atoms with Gasteiger partial charge < -0.3 is 9.13 Å². The Morgan fingerprint density at radius 2 is 0.790 bits per heavy atom. The van der Waals surface area contributed by atoms with Crippen LogP contribution in [0.4, 0.5) is 0 Å². The molecule has 7 heteroatoms. The maximum absolute atomic E-state index is 12.8. The van der Waals surface area contributed by atoms with Crippen LogP contribution < -0.4 is 5.69 Å². The fourth-order valence-corrected chi connectivity index (χ4v) is 9.41.